The summed E-state index contributed by atoms with van der Waals surface area (Å²) in [4.78, 5) is 71.4. The highest BCUT2D eigenvalue weighted by Gasteiger charge is 2.64. The third kappa shape index (κ3) is 10.6. The van der Waals surface area contributed by atoms with Crippen molar-refractivity contribution in [2.75, 3.05) is 52.3 Å². The van der Waals surface area contributed by atoms with Gasteiger partial charge in [-0.15, -0.1) is 0 Å². The quantitative estimate of drug-likeness (QED) is 0.135. The maximum absolute atomic E-state index is 14.2. The van der Waals surface area contributed by atoms with Crippen LogP contribution in [0.5, 0.6) is 5.75 Å². The molecule has 1 aromatic rings. The predicted molar refractivity (Wildman–Crippen MR) is 224 cm³/mol. The summed E-state index contributed by atoms with van der Waals surface area (Å²) >= 11 is 6.78. The highest BCUT2D eigenvalue weighted by atomic mass is 35.5. The fourth-order valence-electron chi connectivity index (χ4n) is 7.26. The summed E-state index contributed by atoms with van der Waals surface area (Å²) in [6.45, 7) is 8.48. The van der Waals surface area contributed by atoms with Crippen LogP contribution in [0.4, 0.5) is 10.5 Å². The zero-order valence-corrected chi connectivity index (χ0v) is 37.4. The number of nitrogens with one attached hydrogen (secondary N) is 1. The number of amides is 4. The molecule has 1 aromatic carbocycles. The number of allylic oxidation sites excluding steroid dienone is 3. The van der Waals surface area contributed by atoms with E-state index < -0.39 is 77.6 Å². The topological polar surface area (TPSA) is 177 Å². The van der Waals surface area contributed by atoms with Crippen LogP contribution in [0.1, 0.15) is 59.4 Å². The van der Waals surface area contributed by atoms with Crippen molar-refractivity contribution >= 4 is 68.7 Å². The molecule has 0 aliphatic carbocycles. The van der Waals surface area contributed by atoms with Crippen LogP contribution in [-0.2, 0) is 44.5 Å². The van der Waals surface area contributed by atoms with Gasteiger partial charge in [-0.3, -0.25) is 19.7 Å². The molecule has 3 heterocycles. The van der Waals surface area contributed by atoms with E-state index in [9.17, 15) is 29.1 Å². The van der Waals surface area contributed by atoms with Gasteiger partial charge in [-0.2, -0.15) is 0 Å². The minimum absolute atomic E-state index is 0.0763. The first-order valence-corrected chi connectivity index (χ1v) is 22.1. The number of fused-ring (bicyclic) bond motifs is 5. The number of nitrogens with zero attached hydrogens (tertiary/aromatic N) is 3. The zero-order chi connectivity index (χ0) is 43.3. The predicted octanol–water partition coefficient (Wildman–Crippen LogP) is 4.76. The van der Waals surface area contributed by atoms with Crippen molar-refractivity contribution in [1.82, 2.24) is 15.1 Å². The van der Waals surface area contributed by atoms with E-state index in [0.29, 0.717) is 23.6 Å². The van der Waals surface area contributed by atoms with Crippen molar-refractivity contribution in [3.8, 4) is 5.75 Å². The lowest BCUT2D eigenvalue weighted by atomic mass is 9.83. The fraction of sp³-hybridized carbons (Fsp3) is 0.625. The monoisotopic (exact) mass is 868 g/mol. The first-order valence-electron chi connectivity index (χ1n) is 19.0. The number of epoxide rings is 1. The first-order chi connectivity index (χ1) is 27.2. The molecule has 4 rings (SSSR count). The third-order valence-corrected chi connectivity index (χ3v) is 13.5. The van der Waals surface area contributed by atoms with E-state index in [0.717, 1.165) is 11.1 Å². The van der Waals surface area contributed by atoms with Crippen LogP contribution >= 0.6 is 33.2 Å². The number of aliphatic hydroxyl groups is 1. The molecule has 0 radical (unpaired) electrons. The number of hydrogen-bond donors (Lipinski definition) is 2. The SMILES string of the molecule is COc1cc2cc(c1Cl)N(C)C(=O)CC(OC(=O)[C@H](C)N(C)C(=O)C(C)N(C)C(=O)CCSSC)C1(C)OC1C(C)C1CC(O)(NC(=O)O1)C(OC)/C=C/C=C(\C)C2. The van der Waals surface area contributed by atoms with Gasteiger partial charge < -0.3 is 43.5 Å². The van der Waals surface area contributed by atoms with Gasteiger partial charge in [-0.1, -0.05) is 63.9 Å². The second-order valence-electron chi connectivity index (χ2n) is 15.3. The number of carbonyl (C=O) groups is 5. The maximum Gasteiger partial charge on any atom is 0.409 e. The molecule has 58 heavy (non-hydrogen) atoms. The number of carbonyl (C=O) groups excluding carboxylic acids is 5. The molecule has 322 valence electrons. The number of methoxy groups -OCH3 is 2. The van der Waals surface area contributed by atoms with E-state index in [4.69, 9.17) is 35.3 Å². The molecule has 18 heteroatoms. The molecule has 4 amide bonds. The average Bonchev–Trinajstić information content (AvgIpc) is 3.88. The number of anilines is 1. The molecule has 2 saturated heterocycles. The van der Waals surface area contributed by atoms with Crippen molar-refractivity contribution in [3.05, 3.63) is 46.5 Å². The minimum Gasteiger partial charge on any atom is -0.495 e. The molecule has 9 atom stereocenters. The second kappa shape index (κ2) is 19.7. The van der Waals surface area contributed by atoms with E-state index in [1.807, 2.05) is 19.3 Å². The number of halogens is 1. The number of hydrogen-bond acceptors (Lipinski definition) is 13. The largest absolute Gasteiger partial charge is 0.495 e. The summed E-state index contributed by atoms with van der Waals surface area (Å²) in [6.07, 6.45) is 2.80. The van der Waals surface area contributed by atoms with Crippen molar-refractivity contribution < 1.29 is 52.8 Å². The molecule has 4 bridgehead atoms. The normalized spacial score (nSPS) is 30.0. The van der Waals surface area contributed by atoms with Gasteiger partial charge in [0.05, 0.1) is 25.3 Å². The van der Waals surface area contributed by atoms with Crippen molar-refractivity contribution in [3.63, 3.8) is 0 Å². The van der Waals surface area contributed by atoms with Gasteiger partial charge in [0.15, 0.2) is 5.72 Å². The third-order valence-electron chi connectivity index (χ3n) is 11.3. The van der Waals surface area contributed by atoms with E-state index in [2.05, 4.69) is 5.32 Å². The minimum atomic E-state index is -1.85. The number of esters is 1. The summed E-state index contributed by atoms with van der Waals surface area (Å²) in [5, 5.41) is 14.5. The lowest BCUT2D eigenvalue weighted by molar-refractivity contribution is -0.163. The number of ether oxygens (including phenoxy) is 5. The van der Waals surface area contributed by atoms with Crippen LogP contribution < -0.4 is 15.0 Å². The van der Waals surface area contributed by atoms with E-state index in [1.54, 1.807) is 80.7 Å². The highest BCUT2D eigenvalue weighted by molar-refractivity contribution is 8.76. The second-order valence-corrected chi connectivity index (χ2v) is 18.3. The Hall–Kier alpha value is -3.48. The van der Waals surface area contributed by atoms with Gasteiger partial charge in [-0.05, 0) is 58.1 Å². The molecule has 0 aromatic heterocycles. The summed E-state index contributed by atoms with van der Waals surface area (Å²) < 4.78 is 29.3. The van der Waals surface area contributed by atoms with Crippen LogP contribution in [0, 0.1) is 5.92 Å². The van der Waals surface area contributed by atoms with Crippen molar-refractivity contribution in [1.29, 1.82) is 0 Å². The maximum atomic E-state index is 14.2. The van der Waals surface area contributed by atoms with Crippen LogP contribution in [0.25, 0.3) is 0 Å². The number of likely N-dealkylation sites (N-methyl/N-ethyl adjacent to an activating group) is 2. The molecule has 15 nitrogen and oxygen atoms in total. The van der Waals surface area contributed by atoms with Crippen molar-refractivity contribution in [2.45, 2.75) is 108 Å². The van der Waals surface area contributed by atoms with Gasteiger partial charge in [0.25, 0.3) is 0 Å². The molecule has 0 spiro atoms. The summed E-state index contributed by atoms with van der Waals surface area (Å²) in [5.41, 5.74) is -1.06. The van der Waals surface area contributed by atoms with Crippen LogP contribution in [0.2, 0.25) is 5.02 Å². The molecule has 3 aliphatic rings. The van der Waals surface area contributed by atoms with E-state index >= 15 is 0 Å². The number of benzene rings is 1. The van der Waals surface area contributed by atoms with Crippen LogP contribution in [-0.4, -0.2) is 140 Å². The number of alkyl carbamates (subject to hydrolysis) is 1. The molecular formula is C40H57ClN4O11S2. The van der Waals surface area contributed by atoms with Crippen LogP contribution in [0.3, 0.4) is 0 Å². The fourth-order valence-corrected chi connectivity index (χ4v) is 8.75. The lowest BCUT2D eigenvalue weighted by Crippen LogP contribution is -2.63. The van der Waals surface area contributed by atoms with Crippen molar-refractivity contribution in [2.24, 2.45) is 5.92 Å². The summed E-state index contributed by atoms with van der Waals surface area (Å²) in [7, 11) is 10.6. The van der Waals surface area contributed by atoms with Gasteiger partial charge in [0.2, 0.25) is 17.7 Å². The Kier molecular flexibility index (Phi) is 16.0. The van der Waals surface area contributed by atoms with E-state index in [1.165, 1.54) is 42.9 Å². The Labute approximate surface area is 353 Å². The molecular weight excluding hydrogens is 812 g/mol. The smallest absolute Gasteiger partial charge is 0.409 e. The molecule has 3 aliphatic heterocycles. The molecule has 2 N–H and O–H groups in total. The van der Waals surface area contributed by atoms with Gasteiger partial charge in [0.1, 0.15) is 46.8 Å². The van der Waals surface area contributed by atoms with Gasteiger partial charge in [0, 0.05) is 52.8 Å². The molecule has 2 fully saturated rings. The van der Waals surface area contributed by atoms with E-state index in [-0.39, 0.29) is 30.2 Å². The zero-order valence-electron chi connectivity index (χ0n) is 35.0. The molecule has 0 saturated carbocycles. The molecule has 8 unspecified atom stereocenters. The highest BCUT2D eigenvalue weighted by Crippen LogP contribution is 2.49. The Morgan fingerprint density at radius 3 is 2.48 bits per heavy atom. The van der Waals surface area contributed by atoms with Gasteiger partial charge >= 0.3 is 12.1 Å². The number of rotatable bonds is 11. The standard InChI is InChI=1S/C40H57ClN4O11S2/c1-22-13-12-14-30(53-10)40(51)21-29(54-38(50)42-40)23(2)35-39(5,56-35)31(20-33(47)45(8)27-18-26(17-22)19-28(52-9)34(27)41)55-37(49)25(4)44(7)36(48)24(3)43(6)32(46)15-16-58-57-11/h12-14,18-19,23-25,29-31,35,51H,15-17,20-21H2,1-11H3,(H,42,50)/b14-12+,22-13+/t23?,24?,25-,29?,30?,31?,35?,39?,40?/m0/s1. The average molecular weight is 870 g/mol. The first kappa shape index (κ1) is 47.2. The Morgan fingerprint density at radius 2 is 1.84 bits per heavy atom. The summed E-state index contributed by atoms with van der Waals surface area (Å²) in [6, 6.07) is 1.57. The van der Waals surface area contributed by atoms with Crippen LogP contribution in [0.15, 0.2) is 35.9 Å². The van der Waals surface area contributed by atoms with Gasteiger partial charge in [-0.25, -0.2) is 9.59 Å². The summed E-state index contributed by atoms with van der Waals surface area (Å²) in [5.74, 6) is -1.59. The Balaban J connectivity index is 1.70. The Morgan fingerprint density at radius 1 is 1.16 bits per heavy atom. The Bertz CT molecular complexity index is 1780. The lowest BCUT2D eigenvalue weighted by Gasteiger charge is -2.42.